The summed E-state index contributed by atoms with van der Waals surface area (Å²) in [7, 11) is 0. The Morgan fingerprint density at radius 3 is 2.90 bits per heavy atom. The Morgan fingerprint density at radius 1 is 1.80 bits per heavy atom. The quantitative estimate of drug-likeness (QED) is 0.663. The number of aryl methyl sites for hydroxylation is 1. The van der Waals surface area contributed by atoms with Crippen LogP contribution in [0.15, 0.2) is 10.7 Å². The van der Waals surface area contributed by atoms with E-state index >= 15 is 0 Å². The van der Waals surface area contributed by atoms with Gasteiger partial charge in [0, 0.05) is 11.6 Å². The summed E-state index contributed by atoms with van der Waals surface area (Å²) < 4.78 is 4.86. The molecule has 0 unspecified atom stereocenters. The fourth-order valence-corrected chi connectivity index (χ4v) is 0.862. The molecule has 0 aliphatic carbocycles. The van der Waals surface area contributed by atoms with Gasteiger partial charge in [-0.2, -0.15) is 0 Å². The number of aromatic nitrogens is 1. The van der Waals surface area contributed by atoms with Crippen LogP contribution in [0.25, 0.3) is 0 Å². The van der Waals surface area contributed by atoms with Crippen LogP contribution in [0.4, 0.5) is 0 Å². The second-order valence-corrected chi connectivity index (χ2v) is 2.59. The van der Waals surface area contributed by atoms with Gasteiger partial charge in [-0.3, -0.25) is 0 Å². The Kier molecular flexibility index (Phi) is 2.06. The van der Waals surface area contributed by atoms with Gasteiger partial charge < -0.3 is 10.3 Å². The zero-order valence-corrected chi connectivity index (χ0v) is 6.29. The highest BCUT2D eigenvalue weighted by Gasteiger charge is 2.04. The van der Waals surface area contributed by atoms with Crippen molar-refractivity contribution in [2.45, 2.75) is 26.3 Å². The highest BCUT2D eigenvalue weighted by atomic mass is 16.5. The molecular formula is C7H12N2O. The van der Waals surface area contributed by atoms with Crippen molar-refractivity contribution < 1.29 is 4.52 Å². The van der Waals surface area contributed by atoms with Crippen LogP contribution in [-0.4, -0.2) is 11.2 Å². The van der Waals surface area contributed by atoms with Gasteiger partial charge >= 0.3 is 0 Å². The Balaban J connectivity index is 2.65. The number of nitrogens with two attached hydrogens (primary N) is 1. The van der Waals surface area contributed by atoms with Crippen molar-refractivity contribution >= 4 is 0 Å². The van der Waals surface area contributed by atoms with Gasteiger partial charge in [0.2, 0.25) is 0 Å². The van der Waals surface area contributed by atoms with E-state index in [1.807, 2.05) is 13.8 Å². The zero-order chi connectivity index (χ0) is 7.56. The maximum atomic E-state index is 5.58. The molecule has 0 aromatic carbocycles. The molecule has 0 saturated carbocycles. The summed E-state index contributed by atoms with van der Waals surface area (Å²) in [5, 5.41) is 3.64. The molecule has 0 bridgehead atoms. The van der Waals surface area contributed by atoms with Crippen molar-refractivity contribution in [3.8, 4) is 0 Å². The molecule has 0 fully saturated rings. The van der Waals surface area contributed by atoms with E-state index in [1.54, 1.807) is 6.20 Å². The second kappa shape index (κ2) is 2.84. The summed E-state index contributed by atoms with van der Waals surface area (Å²) in [5.74, 6) is 0.873. The molecule has 0 radical (unpaired) electrons. The number of rotatable bonds is 2. The SMILES string of the molecule is Cc1oncc1C[C@H](C)N. The van der Waals surface area contributed by atoms with Crippen LogP contribution in [-0.2, 0) is 6.42 Å². The van der Waals surface area contributed by atoms with Gasteiger partial charge in [-0.25, -0.2) is 0 Å². The molecule has 1 heterocycles. The smallest absolute Gasteiger partial charge is 0.136 e. The average molecular weight is 140 g/mol. The van der Waals surface area contributed by atoms with Gasteiger partial charge in [0.05, 0.1) is 6.20 Å². The lowest BCUT2D eigenvalue weighted by Gasteiger charge is -2.00. The normalized spacial score (nSPS) is 13.5. The van der Waals surface area contributed by atoms with Gasteiger partial charge in [0.1, 0.15) is 5.76 Å². The monoisotopic (exact) mass is 140 g/mol. The first-order valence-corrected chi connectivity index (χ1v) is 3.36. The molecule has 1 aromatic rings. The first-order chi connectivity index (χ1) is 4.70. The molecule has 0 aliphatic heterocycles. The molecule has 1 atom stereocenters. The molecule has 0 amide bonds. The Bertz CT molecular complexity index is 205. The Hall–Kier alpha value is -0.830. The van der Waals surface area contributed by atoms with E-state index in [0.29, 0.717) is 0 Å². The zero-order valence-electron chi connectivity index (χ0n) is 6.29. The largest absolute Gasteiger partial charge is 0.361 e. The molecule has 0 aliphatic rings. The molecule has 3 nitrogen and oxygen atoms in total. The summed E-state index contributed by atoms with van der Waals surface area (Å²) in [6.45, 7) is 3.86. The van der Waals surface area contributed by atoms with Gasteiger partial charge in [-0.05, 0) is 20.3 Å². The molecule has 3 heteroatoms. The maximum absolute atomic E-state index is 5.58. The Labute approximate surface area is 60.2 Å². The van der Waals surface area contributed by atoms with Gasteiger partial charge in [0.25, 0.3) is 0 Å². The van der Waals surface area contributed by atoms with Crippen molar-refractivity contribution in [3.05, 3.63) is 17.5 Å². The van der Waals surface area contributed by atoms with Gasteiger partial charge in [-0.1, -0.05) is 5.16 Å². The molecule has 1 aromatic heterocycles. The lowest BCUT2D eigenvalue weighted by molar-refractivity contribution is 0.395. The van der Waals surface area contributed by atoms with Crippen LogP contribution < -0.4 is 5.73 Å². The first-order valence-electron chi connectivity index (χ1n) is 3.36. The van der Waals surface area contributed by atoms with Crippen LogP contribution >= 0.6 is 0 Å². The lowest BCUT2D eigenvalue weighted by Crippen LogP contribution is -2.17. The van der Waals surface area contributed by atoms with Crippen LogP contribution in [0.5, 0.6) is 0 Å². The number of nitrogens with zero attached hydrogens (tertiary/aromatic N) is 1. The van der Waals surface area contributed by atoms with E-state index in [0.717, 1.165) is 17.7 Å². The average Bonchev–Trinajstić information content (AvgIpc) is 2.15. The fourth-order valence-electron chi connectivity index (χ4n) is 0.862. The van der Waals surface area contributed by atoms with Crippen molar-refractivity contribution in [1.29, 1.82) is 0 Å². The predicted octanol–water partition coefficient (Wildman–Crippen LogP) is 0.873. The highest BCUT2D eigenvalue weighted by molar-refractivity contribution is 5.12. The van der Waals surface area contributed by atoms with Crippen LogP contribution in [0.1, 0.15) is 18.2 Å². The molecule has 0 spiro atoms. The molecule has 0 saturated heterocycles. The summed E-state index contributed by atoms with van der Waals surface area (Å²) in [4.78, 5) is 0. The third-order valence-electron chi connectivity index (χ3n) is 1.39. The first kappa shape index (κ1) is 7.28. The third-order valence-corrected chi connectivity index (χ3v) is 1.39. The topological polar surface area (TPSA) is 52.0 Å². The van der Waals surface area contributed by atoms with E-state index in [2.05, 4.69) is 5.16 Å². The molecule has 1 rings (SSSR count). The molecule has 2 N–H and O–H groups in total. The molecular weight excluding hydrogens is 128 g/mol. The van der Waals surface area contributed by atoms with E-state index in [9.17, 15) is 0 Å². The maximum Gasteiger partial charge on any atom is 0.136 e. The Morgan fingerprint density at radius 2 is 2.50 bits per heavy atom. The fraction of sp³-hybridized carbons (Fsp3) is 0.571. The van der Waals surface area contributed by atoms with Crippen LogP contribution in [0.2, 0.25) is 0 Å². The third kappa shape index (κ3) is 1.57. The lowest BCUT2D eigenvalue weighted by atomic mass is 10.1. The summed E-state index contributed by atoms with van der Waals surface area (Å²) in [6, 6.07) is 0.179. The van der Waals surface area contributed by atoms with Gasteiger partial charge in [0.15, 0.2) is 0 Å². The predicted molar refractivity (Wildman–Crippen MR) is 38.6 cm³/mol. The minimum atomic E-state index is 0.179. The standard InChI is InChI=1S/C7H12N2O/c1-5(8)3-7-4-9-10-6(7)2/h4-5H,3,8H2,1-2H3/t5-/m0/s1. The highest BCUT2D eigenvalue weighted by Crippen LogP contribution is 2.07. The minimum Gasteiger partial charge on any atom is -0.361 e. The van der Waals surface area contributed by atoms with Crippen molar-refractivity contribution in [3.63, 3.8) is 0 Å². The number of hydrogen-bond acceptors (Lipinski definition) is 3. The summed E-state index contributed by atoms with van der Waals surface area (Å²) in [6.07, 6.45) is 2.56. The van der Waals surface area contributed by atoms with E-state index in [4.69, 9.17) is 10.3 Å². The molecule has 10 heavy (non-hydrogen) atoms. The molecule has 56 valence electrons. The number of hydrogen-bond donors (Lipinski definition) is 1. The van der Waals surface area contributed by atoms with E-state index in [1.165, 1.54) is 0 Å². The summed E-state index contributed by atoms with van der Waals surface area (Å²) in [5.41, 5.74) is 6.69. The van der Waals surface area contributed by atoms with Gasteiger partial charge in [-0.15, -0.1) is 0 Å². The second-order valence-electron chi connectivity index (χ2n) is 2.59. The van der Waals surface area contributed by atoms with E-state index < -0.39 is 0 Å². The van der Waals surface area contributed by atoms with E-state index in [-0.39, 0.29) is 6.04 Å². The van der Waals surface area contributed by atoms with Crippen molar-refractivity contribution in [2.24, 2.45) is 5.73 Å². The van der Waals surface area contributed by atoms with Crippen molar-refractivity contribution in [2.75, 3.05) is 0 Å². The van der Waals surface area contributed by atoms with Crippen LogP contribution in [0, 0.1) is 6.92 Å². The van der Waals surface area contributed by atoms with Crippen molar-refractivity contribution in [1.82, 2.24) is 5.16 Å². The summed E-state index contributed by atoms with van der Waals surface area (Å²) >= 11 is 0. The minimum absolute atomic E-state index is 0.179. The van der Waals surface area contributed by atoms with Crippen LogP contribution in [0.3, 0.4) is 0 Å².